The number of aromatic nitrogens is 6. The van der Waals surface area contributed by atoms with Gasteiger partial charge in [0.15, 0.2) is 11.2 Å². The first-order chi connectivity index (χ1) is 15.3. The second kappa shape index (κ2) is 7.68. The van der Waals surface area contributed by atoms with E-state index in [9.17, 15) is 18.0 Å². The van der Waals surface area contributed by atoms with Crippen LogP contribution in [0.3, 0.4) is 0 Å². The summed E-state index contributed by atoms with van der Waals surface area (Å²) in [4.78, 5) is 34.0. The largest absolute Gasteiger partial charge is 0.471 e. The van der Waals surface area contributed by atoms with Crippen LogP contribution in [0.1, 0.15) is 32.0 Å². The minimum atomic E-state index is -4.62. The number of hydrogen-bond acceptors (Lipinski definition) is 7. The highest BCUT2D eigenvalue weighted by Gasteiger charge is 2.37. The van der Waals surface area contributed by atoms with Crippen molar-refractivity contribution in [1.82, 2.24) is 34.4 Å². The Bertz CT molecular complexity index is 1160. The monoisotopic (exact) mass is 447 g/mol. The number of halogens is 3. The van der Waals surface area contributed by atoms with Gasteiger partial charge >= 0.3 is 6.18 Å². The van der Waals surface area contributed by atoms with Gasteiger partial charge in [0.1, 0.15) is 18.3 Å². The fourth-order valence-corrected chi connectivity index (χ4v) is 3.88. The van der Waals surface area contributed by atoms with E-state index in [-0.39, 0.29) is 23.8 Å². The Balaban J connectivity index is 1.43. The summed E-state index contributed by atoms with van der Waals surface area (Å²) in [6, 6.07) is 0. The number of alkyl halides is 3. The Hall–Kier alpha value is -3.31. The minimum absolute atomic E-state index is 0.160. The van der Waals surface area contributed by atoms with E-state index in [0.29, 0.717) is 48.6 Å². The van der Waals surface area contributed by atoms with Crippen molar-refractivity contribution in [1.29, 1.82) is 0 Å². The summed E-state index contributed by atoms with van der Waals surface area (Å²) in [6.07, 6.45) is 1.33. The van der Waals surface area contributed by atoms with Gasteiger partial charge in [-0.05, 0) is 19.8 Å². The lowest BCUT2D eigenvalue weighted by molar-refractivity contribution is -0.145. The lowest BCUT2D eigenvalue weighted by Gasteiger charge is -2.16. The lowest BCUT2D eigenvalue weighted by atomic mass is 10.3. The second-order valence-electron chi connectivity index (χ2n) is 7.91. The van der Waals surface area contributed by atoms with Crippen LogP contribution in [-0.2, 0) is 17.5 Å². The molecule has 0 unspecified atom stereocenters. The van der Waals surface area contributed by atoms with Crippen LogP contribution in [0.15, 0.2) is 18.7 Å². The maximum Gasteiger partial charge on any atom is 0.451 e. The third-order valence-electron chi connectivity index (χ3n) is 5.64. The number of likely N-dealkylation sites (tertiary alicyclic amines) is 1. The van der Waals surface area contributed by atoms with E-state index in [1.165, 1.54) is 6.33 Å². The molecule has 1 aliphatic heterocycles. The van der Waals surface area contributed by atoms with Gasteiger partial charge in [0.05, 0.1) is 12.1 Å². The second-order valence-corrected chi connectivity index (χ2v) is 7.91. The van der Waals surface area contributed by atoms with Gasteiger partial charge in [0.2, 0.25) is 17.6 Å². The summed E-state index contributed by atoms with van der Waals surface area (Å²) < 4.78 is 46.2. The molecule has 2 aliphatic rings. The molecule has 12 heteroatoms. The summed E-state index contributed by atoms with van der Waals surface area (Å²) >= 11 is 0. The van der Waals surface area contributed by atoms with E-state index in [1.807, 2.05) is 11.8 Å². The molecular weight excluding hydrogens is 427 g/mol. The Morgan fingerprint density at radius 3 is 2.56 bits per heavy atom. The zero-order valence-corrected chi connectivity index (χ0v) is 17.2. The predicted octanol–water partition coefficient (Wildman–Crippen LogP) is 2.71. The molecule has 4 heterocycles. The van der Waals surface area contributed by atoms with Crippen molar-refractivity contribution in [2.75, 3.05) is 13.1 Å². The summed E-state index contributed by atoms with van der Waals surface area (Å²) in [5.41, 5.74) is 1.22. The Morgan fingerprint density at radius 2 is 1.91 bits per heavy atom. The van der Waals surface area contributed by atoms with Crippen molar-refractivity contribution in [3.63, 3.8) is 0 Å². The smallest absolute Gasteiger partial charge is 0.451 e. The average Bonchev–Trinajstić information content (AvgIpc) is 3.40. The van der Waals surface area contributed by atoms with Gasteiger partial charge in [0.25, 0.3) is 0 Å². The molecule has 168 valence electrons. The number of carbonyl (C=O) groups excluding carboxylic acids is 1. The number of nitrogens with zero attached hydrogens (tertiary/aromatic N) is 7. The fourth-order valence-electron chi connectivity index (χ4n) is 3.88. The standard InChI is InChI=1S/C20H20F3N7O2/c1-2-30-15(12-7-24-19(25-8-12)20(21,22)23)28-14-16(30)26-10-27-17(14)32-13-5-6-29(9-13)18(31)11-3-4-11/h7-8,10-11,13H,2-6,9H2,1H3/t13-/m0/s1. The van der Waals surface area contributed by atoms with Crippen LogP contribution in [-0.4, -0.2) is 59.5 Å². The molecule has 1 atom stereocenters. The molecule has 0 spiro atoms. The summed E-state index contributed by atoms with van der Waals surface area (Å²) in [6.45, 7) is 3.48. The Kier molecular flexibility index (Phi) is 4.94. The highest BCUT2D eigenvalue weighted by molar-refractivity contribution is 5.82. The van der Waals surface area contributed by atoms with Crippen LogP contribution in [0.5, 0.6) is 5.88 Å². The molecule has 3 aromatic rings. The third-order valence-corrected chi connectivity index (χ3v) is 5.64. The van der Waals surface area contributed by atoms with E-state index >= 15 is 0 Å². The van der Waals surface area contributed by atoms with Gasteiger partial charge in [0, 0.05) is 37.8 Å². The SMILES string of the molecule is CCn1c(-c2cnc(C(F)(F)F)nc2)nc2c(O[C@H]3CCN(C(=O)C4CC4)C3)ncnc21. The molecule has 1 aliphatic carbocycles. The highest BCUT2D eigenvalue weighted by Crippen LogP contribution is 2.33. The maximum absolute atomic E-state index is 12.8. The molecule has 0 bridgehead atoms. The van der Waals surface area contributed by atoms with Crippen LogP contribution >= 0.6 is 0 Å². The molecule has 1 saturated heterocycles. The number of fused-ring (bicyclic) bond motifs is 1. The van der Waals surface area contributed by atoms with Gasteiger partial charge in [-0.1, -0.05) is 0 Å². The topological polar surface area (TPSA) is 98.9 Å². The van der Waals surface area contributed by atoms with Gasteiger partial charge in [-0.25, -0.2) is 19.9 Å². The molecule has 2 fully saturated rings. The van der Waals surface area contributed by atoms with Crippen LogP contribution in [0.2, 0.25) is 0 Å². The van der Waals surface area contributed by atoms with Crippen molar-refractivity contribution in [2.24, 2.45) is 5.92 Å². The maximum atomic E-state index is 12.8. The van der Waals surface area contributed by atoms with Gasteiger partial charge in [-0.15, -0.1) is 0 Å². The average molecular weight is 447 g/mol. The van der Waals surface area contributed by atoms with E-state index in [1.54, 1.807) is 4.57 Å². The number of imidazole rings is 1. The number of rotatable bonds is 5. The Labute approximate surface area is 180 Å². The van der Waals surface area contributed by atoms with Crippen molar-refractivity contribution in [2.45, 2.75) is 45.0 Å². The number of ether oxygens (including phenoxy) is 1. The lowest BCUT2D eigenvalue weighted by Crippen LogP contribution is -2.32. The first-order valence-corrected chi connectivity index (χ1v) is 10.4. The highest BCUT2D eigenvalue weighted by atomic mass is 19.4. The molecular formula is C20H20F3N7O2. The molecule has 5 rings (SSSR count). The molecule has 0 N–H and O–H groups in total. The molecule has 1 amide bonds. The number of aryl methyl sites for hydroxylation is 1. The quantitative estimate of drug-likeness (QED) is 0.593. The fraction of sp³-hybridized carbons (Fsp3) is 0.500. The summed E-state index contributed by atoms with van der Waals surface area (Å²) in [7, 11) is 0. The normalized spacial score (nSPS) is 19.0. The number of carbonyl (C=O) groups is 1. The minimum Gasteiger partial charge on any atom is -0.471 e. The third kappa shape index (κ3) is 3.73. The Morgan fingerprint density at radius 1 is 1.16 bits per heavy atom. The molecule has 0 aromatic carbocycles. The van der Waals surface area contributed by atoms with Gasteiger partial charge in [-0.2, -0.15) is 18.2 Å². The number of hydrogen-bond donors (Lipinski definition) is 0. The van der Waals surface area contributed by atoms with Gasteiger partial charge in [-0.3, -0.25) is 4.79 Å². The first-order valence-electron chi connectivity index (χ1n) is 10.4. The zero-order chi connectivity index (χ0) is 22.5. The van der Waals surface area contributed by atoms with E-state index < -0.39 is 12.0 Å². The molecule has 1 saturated carbocycles. The summed E-state index contributed by atoms with van der Waals surface area (Å²) in [5.74, 6) is -0.214. The van der Waals surface area contributed by atoms with Crippen molar-refractivity contribution >= 4 is 17.1 Å². The molecule has 0 radical (unpaired) electrons. The van der Waals surface area contributed by atoms with Crippen LogP contribution in [0, 0.1) is 5.92 Å². The number of amides is 1. The van der Waals surface area contributed by atoms with Crippen LogP contribution in [0.4, 0.5) is 13.2 Å². The van der Waals surface area contributed by atoms with Crippen molar-refractivity contribution in [3.05, 3.63) is 24.5 Å². The first kappa shape index (κ1) is 20.6. The molecule has 3 aromatic heterocycles. The van der Waals surface area contributed by atoms with E-state index in [2.05, 4.69) is 24.9 Å². The summed E-state index contributed by atoms with van der Waals surface area (Å²) in [5, 5.41) is 0. The molecule has 9 nitrogen and oxygen atoms in total. The van der Waals surface area contributed by atoms with Crippen molar-refractivity contribution < 1.29 is 22.7 Å². The van der Waals surface area contributed by atoms with Crippen LogP contribution < -0.4 is 4.74 Å². The predicted molar refractivity (Wildman–Crippen MR) is 105 cm³/mol. The van der Waals surface area contributed by atoms with Crippen LogP contribution in [0.25, 0.3) is 22.6 Å². The molecule has 32 heavy (non-hydrogen) atoms. The van der Waals surface area contributed by atoms with Gasteiger partial charge < -0.3 is 14.2 Å². The van der Waals surface area contributed by atoms with Crippen molar-refractivity contribution in [3.8, 4) is 17.3 Å². The van der Waals surface area contributed by atoms with E-state index in [4.69, 9.17) is 4.74 Å². The van der Waals surface area contributed by atoms with E-state index in [0.717, 1.165) is 25.2 Å². The zero-order valence-electron chi connectivity index (χ0n) is 17.2.